The highest BCUT2D eigenvalue weighted by atomic mass is 32.2. The highest BCUT2D eigenvalue weighted by Gasteiger charge is 2.01. The van der Waals surface area contributed by atoms with Crippen molar-refractivity contribution < 1.29 is 9.62 Å². The number of oxime groups is 1. The molecule has 0 aliphatic heterocycles. The van der Waals surface area contributed by atoms with Gasteiger partial charge in [-0.05, 0) is 24.3 Å². The Kier molecular flexibility index (Phi) is 3.09. The first-order chi connectivity index (χ1) is 7.38. The lowest BCUT2D eigenvalue weighted by molar-refractivity contribution is 0.320. The maximum absolute atomic E-state index is 8.32. The number of hydrogen-bond donors (Lipinski definition) is 1. The molecule has 1 aromatic heterocycles. The topological polar surface area (TPSA) is 45.7 Å². The summed E-state index contributed by atoms with van der Waals surface area (Å²) in [5.41, 5.74) is 0. The Labute approximate surface area is 91.4 Å². The molecule has 76 valence electrons. The number of rotatable bonds is 3. The van der Waals surface area contributed by atoms with Gasteiger partial charge in [0, 0.05) is 4.90 Å². The molecule has 3 nitrogen and oxygen atoms in total. The fraction of sp³-hybridized carbons (Fsp3) is 0. The average molecular weight is 219 g/mol. The molecule has 0 unspecified atom stereocenters. The van der Waals surface area contributed by atoms with Crippen molar-refractivity contribution in [3.05, 3.63) is 48.2 Å². The Bertz CT molecular complexity index is 451. The van der Waals surface area contributed by atoms with Gasteiger partial charge in [0.25, 0.3) is 0 Å². The third-order valence-corrected chi connectivity index (χ3v) is 2.68. The van der Waals surface area contributed by atoms with Crippen molar-refractivity contribution in [3.63, 3.8) is 0 Å². The van der Waals surface area contributed by atoms with E-state index in [1.54, 1.807) is 6.07 Å². The second kappa shape index (κ2) is 4.70. The molecule has 0 aliphatic rings. The van der Waals surface area contributed by atoms with Crippen LogP contribution in [0.15, 0.2) is 62.0 Å². The summed E-state index contributed by atoms with van der Waals surface area (Å²) in [5, 5.41) is 12.0. The van der Waals surface area contributed by atoms with E-state index >= 15 is 0 Å². The van der Waals surface area contributed by atoms with Gasteiger partial charge in [-0.25, -0.2) is 0 Å². The summed E-state index contributed by atoms with van der Waals surface area (Å²) >= 11 is 1.52. The van der Waals surface area contributed by atoms with Crippen LogP contribution in [0, 0.1) is 0 Å². The molecule has 0 saturated heterocycles. The molecule has 1 heterocycles. The van der Waals surface area contributed by atoms with Gasteiger partial charge in [-0.1, -0.05) is 35.1 Å². The molecule has 4 heteroatoms. The molecule has 2 aromatic rings. The van der Waals surface area contributed by atoms with E-state index in [2.05, 4.69) is 5.16 Å². The highest BCUT2D eigenvalue weighted by molar-refractivity contribution is 7.99. The lowest BCUT2D eigenvalue weighted by atomic mass is 10.4. The summed E-state index contributed by atoms with van der Waals surface area (Å²) in [7, 11) is 0. The number of furan rings is 1. The first kappa shape index (κ1) is 9.86. The Balaban J connectivity index is 2.11. The van der Waals surface area contributed by atoms with Crippen molar-refractivity contribution >= 4 is 18.0 Å². The van der Waals surface area contributed by atoms with Crippen LogP contribution in [0.1, 0.15) is 5.76 Å². The first-order valence-electron chi connectivity index (χ1n) is 4.38. The van der Waals surface area contributed by atoms with Crippen LogP contribution in [0.5, 0.6) is 0 Å². The van der Waals surface area contributed by atoms with Crippen molar-refractivity contribution in [1.82, 2.24) is 0 Å². The van der Waals surface area contributed by atoms with Crippen LogP contribution in [-0.4, -0.2) is 11.4 Å². The summed E-state index contributed by atoms with van der Waals surface area (Å²) in [6, 6.07) is 13.5. The SMILES string of the molecule is O/N=C/c1ccc(Sc2ccccc2)o1. The maximum Gasteiger partial charge on any atom is 0.165 e. The Morgan fingerprint density at radius 2 is 1.93 bits per heavy atom. The van der Waals surface area contributed by atoms with E-state index in [4.69, 9.17) is 9.62 Å². The van der Waals surface area contributed by atoms with Gasteiger partial charge in [-0.3, -0.25) is 0 Å². The molecule has 1 aromatic carbocycles. The molecular weight excluding hydrogens is 210 g/mol. The van der Waals surface area contributed by atoms with Crippen molar-refractivity contribution in [3.8, 4) is 0 Å². The van der Waals surface area contributed by atoms with E-state index in [0.29, 0.717) is 5.76 Å². The summed E-state index contributed by atoms with van der Waals surface area (Å²) in [6.07, 6.45) is 1.26. The van der Waals surface area contributed by atoms with Crippen molar-refractivity contribution in [2.24, 2.45) is 5.16 Å². The van der Waals surface area contributed by atoms with Gasteiger partial charge < -0.3 is 9.62 Å². The van der Waals surface area contributed by atoms with Gasteiger partial charge in [-0.2, -0.15) is 0 Å². The van der Waals surface area contributed by atoms with Crippen LogP contribution < -0.4 is 0 Å². The van der Waals surface area contributed by atoms with Crippen molar-refractivity contribution in [1.29, 1.82) is 0 Å². The van der Waals surface area contributed by atoms with E-state index in [-0.39, 0.29) is 0 Å². The standard InChI is InChI=1S/C11H9NO2S/c13-12-8-9-6-7-11(14-9)15-10-4-2-1-3-5-10/h1-8,13H/b12-8+. The molecule has 0 radical (unpaired) electrons. The predicted octanol–water partition coefficient (Wildman–Crippen LogP) is 3.24. The van der Waals surface area contributed by atoms with Gasteiger partial charge in [0.2, 0.25) is 0 Å². The van der Waals surface area contributed by atoms with E-state index in [0.717, 1.165) is 9.99 Å². The van der Waals surface area contributed by atoms with E-state index in [1.165, 1.54) is 18.0 Å². The Hall–Kier alpha value is -1.68. The minimum absolute atomic E-state index is 0.538. The monoisotopic (exact) mass is 219 g/mol. The van der Waals surface area contributed by atoms with E-state index in [9.17, 15) is 0 Å². The zero-order chi connectivity index (χ0) is 10.5. The quantitative estimate of drug-likeness (QED) is 0.489. The second-order valence-electron chi connectivity index (χ2n) is 2.82. The fourth-order valence-electron chi connectivity index (χ4n) is 1.12. The molecule has 1 N–H and O–H groups in total. The van der Waals surface area contributed by atoms with Gasteiger partial charge in [0.05, 0.1) is 0 Å². The van der Waals surface area contributed by atoms with E-state index in [1.807, 2.05) is 36.4 Å². The minimum atomic E-state index is 0.538. The van der Waals surface area contributed by atoms with Gasteiger partial charge in [0.1, 0.15) is 12.0 Å². The van der Waals surface area contributed by atoms with Crippen LogP contribution in [0.4, 0.5) is 0 Å². The number of nitrogens with zero attached hydrogens (tertiary/aromatic N) is 1. The van der Waals surface area contributed by atoms with Crippen LogP contribution in [-0.2, 0) is 0 Å². The van der Waals surface area contributed by atoms with Crippen LogP contribution in [0.2, 0.25) is 0 Å². The lowest BCUT2D eigenvalue weighted by Crippen LogP contribution is -1.72. The molecule has 0 aliphatic carbocycles. The van der Waals surface area contributed by atoms with Crippen LogP contribution in [0.3, 0.4) is 0 Å². The maximum atomic E-state index is 8.32. The minimum Gasteiger partial charge on any atom is -0.448 e. The molecule has 2 rings (SSSR count). The summed E-state index contributed by atoms with van der Waals surface area (Å²) < 4.78 is 5.38. The van der Waals surface area contributed by atoms with Crippen LogP contribution >= 0.6 is 11.8 Å². The van der Waals surface area contributed by atoms with Gasteiger partial charge in [-0.15, -0.1) is 0 Å². The van der Waals surface area contributed by atoms with Gasteiger partial charge in [0.15, 0.2) is 5.09 Å². The zero-order valence-corrected chi connectivity index (χ0v) is 8.65. The molecule has 15 heavy (non-hydrogen) atoms. The molecule has 0 spiro atoms. The third kappa shape index (κ3) is 2.63. The highest BCUT2D eigenvalue weighted by Crippen LogP contribution is 2.28. The number of benzene rings is 1. The molecule has 0 atom stereocenters. The van der Waals surface area contributed by atoms with Crippen LogP contribution in [0.25, 0.3) is 0 Å². The normalized spacial score (nSPS) is 10.9. The first-order valence-corrected chi connectivity index (χ1v) is 5.20. The van der Waals surface area contributed by atoms with Gasteiger partial charge >= 0.3 is 0 Å². The largest absolute Gasteiger partial charge is 0.448 e. The third-order valence-electron chi connectivity index (χ3n) is 1.75. The summed E-state index contributed by atoms with van der Waals surface area (Å²) in [5.74, 6) is 0.538. The Morgan fingerprint density at radius 1 is 1.13 bits per heavy atom. The predicted molar refractivity (Wildman–Crippen MR) is 58.7 cm³/mol. The number of hydrogen-bond acceptors (Lipinski definition) is 4. The summed E-state index contributed by atoms with van der Waals surface area (Å²) in [6.45, 7) is 0. The molecular formula is C11H9NO2S. The average Bonchev–Trinajstić information content (AvgIpc) is 2.68. The summed E-state index contributed by atoms with van der Waals surface area (Å²) in [4.78, 5) is 1.11. The second-order valence-corrected chi connectivity index (χ2v) is 3.89. The lowest BCUT2D eigenvalue weighted by Gasteiger charge is -1.95. The Morgan fingerprint density at radius 3 is 2.67 bits per heavy atom. The molecule has 0 amide bonds. The smallest absolute Gasteiger partial charge is 0.165 e. The molecule has 0 bridgehead atoms. The molecule has 0 fully saturated rings. The van der Waals surface area contributed by atoms with Crippen molar-refractivity contribution in [2.45, 2.75) is 9.99 Å². The van der Waals surface area contributed by atoms with E-state index < -0.39 is 0 Å². The molecule has 0 saturated carbocycles. The van der Waals surface area contributed by atoms with Crippen molar-refractivity contribution in [2.75, 3.05) is 0 Å². The fourth-order valence-corrected chi connectivity index (χ4v) is 1.92. The zero-order valence-electron chi connectivity index (χ0n) is 7.83.